The lowest BCUT2D eigenvalue weighted by molar-refractivity contribution is 0.178. The van der Waals surface area contributed by atoms with Crippen molar-refractivity contribution in [1.82, 2.24) is 30.3 Å². The summed E-state index contributed by atoms with van der Waals surface area (Å²) in [5, 5.41) is 14.6. The molecule has 1 rings (SSSR count). The number of aromatic nitrogens is 3. The molecule has 0 atom stereocenters. The molecule has 0 amide bonds. The molecule has 2 N–H and O–H groups in total. The molecule has 0 aliphatic heterocycles. The summed E-state index contributed by atoms with van der Waals surface area (Å²) in [6, 6.07) is 1.08. The zero-order valence-electron chi connectivity index (χ0n) is 15.2. The molecule has 0 unspecified atom stereocenters. The third-order valence-electron chi connectivity index (χ3n) is 3.52. The summed E-state index contributed by atoms with van der Waals surface area (Å²) in [5.74, 6) is 1.67. The Bertz CT molecular complexity index is 448. The van der Waals surface area contributed by atoms with Crippen molar-refractivity contribution in [2.45, 2.75) is 53.2 Å². The van der Waals surface area contributed by atoms with Crippen LogP contribution in [0, 0.1) is 0 Å². The van der Waals surface area contributed by atoms with E-state index < -0.39 is 0 Å². The van der Waals surface area contributed by atoms with E-state index in [1.165, 1.54) is 0 Å². The minimum absolute atomic E-state index is 0. The lowest BCUT2D eigenvalue weighted by Crippen LogP contribution is -2.45. The van der Waals surface area contributed by atoms with Crippen molar-refractivity contribution in [3.63, 3.8) is 0 Å². The SMILES string of the molecule is CCNC(=NCc1nncn1C)NCCN(C(C)C)C(C)C.I. The highest BCUT2D eigenvalue weighted by Gasteiger charge is 2.12. The smallest absolute Gasteiger partial charge is 0.191 e. The van der Waals surface area contributed by atoms with Gasteiger partial charge in [0.2, 0.25) is 0 Å². The fourth-order valence-electron chi connectivity index (χ4n) is 2.36. The molecule has 0 spiro atoms. The van der Waals surface area contributed by atoms with E-state index in [-0.39, 0.29) is 24.0 Å². The van der Waals surface area contributed by atoms with Gasteiger partial charge in [-0.1, -0.05) is 0 Å². The van der Waals surface area contributed by atoms with Gasteiger partial charge in [-0.05, 0) is 34.6 Å². The zero-order chi connectivity index (χ0) is 16.5. The molecule has 0 saturated carbocycles. The highest BCUT2D eigenvalue weighted by molar-refractivity contribution is 14.0. The molecule has 1 aromatic rings. The van der Waals surface area contributed by atoms with Gasteiger partial charge in [-0.2, -0.15) is 0 Å². The molecule has 1 aromatic heterocycles. The van der Waals surface area contributed by atoms with E-state index in [4.69, 9.17) is 0 Å². The minimum atomic E-state index is 0. The first-order valence-corrected chi connectivity index (χ1v) is 8.06. The number of nitrogens with zero attached hydrogens (tertiary/aromatic N) is 5. The van der Waals surface area contributed by atoms with Crippen LogP contribution < -0.4 is 10.6 Å². The van der Waals surface area contributed by atoms with Crippen molar-refractivity contribution < 1.29 is 0 Å². The van der Waals surface area contributed by atoms with Gasteiger partial charge in [0.25, 0.3) is 0 Å². The van der Waals surface area contributed by atoms with Crippen LogP contribution in [-0.2, 0) is 13.6 Å². The van der Waals surface area contributed by atoms with Gasteiger partial charge in [0.15, 0.2) is 11.8 Å². The molecule has 0 aliphatic carbocycles. The van der Waals surface area contributed by atoms with E-state index in [0.29, 0.717) is 18.6 Å². The van der Waals surface area contributed by atoms with Gasteiger partial charge < -0.3 is 15.2 Å². The van der Waals surface area contributed by atoms with Crippen molar-refractivity contribution in [1.29, 1.82) is 0 Å². The van der Waals surface area contributed by atoms with Crippen LogP contribution in [0.5, 0.6) is 0 Å². The number of nitrogens with one attached hydrogen (secondary N) is 2. The Hall–Kier alpha value is -0.900. The summed E-state index contributed by atoms with van der Waals surface area (Å²) < 4.78 is 1.88. The van der Waals surface area contributed by atoms with Crippen LogP contribution in [0.15, 0.2) is 11.3 Å². The standard InChI is InChI=1S/C15H31N7.HI/c1-7-16-15(18-10-14-20-19-11-21(14)6)17-8-9-22(12(2)3)13(4)5;/h11-13H,7-10H2,1-6H3,(H2,16,17,18);1H. The molecule has 0 radical (unpaired) electrons. The predicted molar refractivity (Wildman–Crippen MR) is 106 cm³/mol. The summed E-state index contributed by atoms with van der Waals surface area (Å²) in [6.45, 7) is 14.2. The van der Waals surface area contributed by atoms with E-state index in [2.05, 4.69) is 65.3 Å². The average Bonchev–Trinajstić information content (AvgIpc) is 2.85. The van der Waals surface area contributed by atoms with Gasteiger partial charge >= 0.3 is 0 Å². The molecule has 0 saturated heterocycles. The van der Waals surface area contributed by atoms with Crippen LogP contribution in [0.25, 0.3) is 0 Å². The minimum Gasteiger partial charge on any atom is -0.357 e. The largest absolute Gasteiger partial charge is 0.357 e. The second kappa shape index (κ2) is 11.6. The Balaban J connectivity index is 0.00000484. The topological polar surface area (TPSA) is 70.4 Å². The van der Waals surface area contributed by atoms with E-state index in [1.54, 1.807) is 6.33 Å². The van der Waals surface area contributed by atoms with Gasteiger partial charge in [-0.25, -0.2) is 4.99 Å². The predicted octanol–water partition coefficient (Wildman–Crippen LogP) is 1.61. The van der Waals surface area contributed by atoms with Crippen LogP contribution in [0.3, 0.4) is 0 Å². The number of hydrogen-bond acceptors (Lipinski definition) is 4. The molecule has 134 valence electrons. The van der Waals surface area contributed by atoms with Crippen LogP contribution in [0.2, 0.25) is 0 Å². The Labute approximate surface area is 157 Å². The average molecular weight is 437 g/mol. The molecular formula is C15H32IN7. The third-order valence-corrected chi connectivity index (χ3v) is 3.52. The van der Waals surface area contributed by atoms with Crippen molar-refractivity contribution in [3.05, 3.63) is 12.2 Å². The lowest BCUT2D eigenvalue weighted by Gasteiger charge is -2.30. The first-order valence-electron chi connectivity index (χ1n) is 8.06. The number of rotatable bonds is 8. The van der Waals surface area contributed by atoms with Crippen molar-refractivity contribution in [2.75, 3.05) is 19.6 Å². The summed E-state index contributed by atoms with van der Waals surface area (Å²) in [6.07, 6.45) is 1.69. The van der Waals surface area contributed by atoms with Gasteiger partial charge in [0.05, 0.1) is 0 Å². The molecule has 7 nitrogen and oxygen atoms in total. The monoisotopic (exact) mass is 437 g/mol. The molecule has 0 bridgehead atoms. The maximum absolute atomic E-state index is 4.56. The van der Waals surface area contributed by atoms with Crippen molar-refractivity contribution in [3.8, 4) is 0 Å². The van der Waals surface area contributed by atoms with Crippen LogP contribution in [-0.4, -0.2) is 57.3 Å². The number of aliphatic imine (C=N–C) groups is 1. The van der Waals surface area contributed by atoms with E-state index in [0.717, 1.165) is 31.4 Å². The Morgan fingerprint density at radius 2 is 1.91 bits per heavy atom. The molecule has 0 aromatic carbocycles. The van der Waals surface area contributed by atoms with E-state index in [1.807, 2.05) is 11.6 Å². The van der Waals surface area contributed by atoms with E-state index >= 15 is 0 Å². The van der Waals surface area contributed by atoms with Crippen LogP contribution in [0.4, 0.5) is 0 Å². The lowest BCUT2D eigenvalue weighted by atomic mass is 10.2. The Kier molecular flexibility index (Phi) is 11.2. The number of aryl methyl sites for hydroxylation is 1. The first kappa shape index (κ1) is 22.1. The van der Waals surface area contributed by atoms with Gasteiger partial charge in [0.1, 0.15) is 12.9 Å². The molecular weight excluding hydrogens is 405 g/mol. The summed E-state index contributed by atoms with van der Waals surface area (Å²) in [7, 11) is 1.92. The molecule has 8 heteroatoms. The van der Waals surface area contributed by atoms with Gasteiger partial charge in [-0.3, -0.25) is 4.90 Å². The first-order chi connectivity index (χ1) is 10.5. The Morgan fingerprint density at radius 3 is 2.39 bits per heavy atom. The normalized spacial score (nSPS) is 12.0. The highest BCUT2D eigenvalue weighted by atomic mass is 127. The second-order valence-corrected chi connectivity index (χ2v) is 5.91. The molecule has 0 aliphatic rings. The molecule has 0 fully saturated rings. The zero-order valence-corrected chi connectivity index (χ0v) is 17.5. The maximum Gasteiger partial charge on any atom is 0.191 e. The number of halogens is 1. The fourth-order valence-corrected chi connectivity index (χ4v) is 2.36. The van der Waals surface area contributed by atoms with Crippen LogP contribution in [0.1, 0.15) is 40.4 Å². The second-order valence-electron chi connectivity index (χ2n) is 5.91. The third kappa shape index (κ3) is 7.96. The van der Waals surface area contributed by atoms with Crippen LogP contribution >= 0.6 is 24.0 Å². The molecule has 1 heterocycles. The Morgan fingerprint density at radius 1 is 1.26 bits per heavy atom. The van der Waals surface area contributed by atoms with Crippen molar-refractivity contribution >= 4 is 29.9 Å². The van der Waals surface area contributed by atoms with Gasteiger partial charge in [0, 0.05) is 38.8 Å². The maximum atomic E-state index is 4.56. The summed E-state index contributed by atoms with van der Waals surface area (Å²) in [5.41, 5.74) is 0. The number of hydrogen-bond donors (Lipinski definition) is 2. The number of guanidine groups is 1. The fraction of sp³-hybridized carbons (Fsp3) is 0.800. The quantitative estimate of drug-likeness (QED) is 0.368. The summed E-state index contributed by atoms with van der Waals surface area (Å²) in [4.78, 5) is 7.01. The molecule has 23 heavy (non-hydrogen) atoms. The van der Waals surface area contributed by atoms with Gasteiger partial charge in [-0.15, -0.1) is 34.2 Å². The van der Waals surface area contributed by atoms with E-state index in [9.17, 15) is 0 Å². The highest BCUT2D eigenvalue weighted by Crippen LogP contribution is 2.03. The van der Waals surface area contributed by atoms with Crippen molar-refractivity contribution in [2.24, 2.45) is 12.0 Å². The summed E-state index contributed by atoms with van der Waals surface area (Å²) >= 11 is 0.